The molecule has 1 amide bonds. The summed E-state index contributed by atoms with van der Waals surface area (Å²) in [4.78, 5) is 11.9. The summed E-state index contributed by atoms with van der Waals surface area (Å²) in [6, 6.07) is 12.8. The lowest BCUT2D eigenvalue weighted by Crippen LogP contribution is -2.14. The third-order valence-corrected chi connectivity index (χ3v) is 4.17. The van der Waals surface area contributed by atoms with E-state index < -0.39 is 5.82 Å². The molecule has 6 nitrogen and oxygen atoms in total. The molecule has 0 fully saturated rings. The van der Waals surface area contributed by atoms with E-state index in [1.807, 2.05) is 0 Å². The topological polar surface area (TPSA) is 77.2 Å². The second-order valence-corrected chi connectivity index (χ2v) is 6.38. The van der Waals surface area contributed by atoms with Gasteiger partial charge in [0.25, 0.3) is 11.1 Å². The lowest BCUT2D eigenvalue weighted by atomic mass is 10.3. The summed E-state index contributed by atoms with van der Waals surface area (Å²) in [5.74, 6) is 0.0270. The van der Waals surface area contributed by atoms with E-state index in [0.29, 0.717) is 10.8 Å². The maximum Gasteiger partial charge on any atom is 0.277 e. The number of anilines is 1. The molecule has 1 N–H and O–H groups in total. The number of carbonyl (C=O) groups is 1. The number of thioether (sulfide) groups is 1. The largest absolute Gasteiger partial charge is 0.484 e. The number of carbonyl (C=O) groups excluding carboxylic acids is 1. The second-order valence-electron chi connectivity index (χ2n) is 5.02. The predicted molar refractivity (Wildman–Crippen MR) is 95.8 cm³/mol. The molecular weight excluding hydrogens is 381 g/mol. The maximum absolute atomic E-state index is 13.5. The lowest BCUT2D eigenvalue weighted by Gasteiger charge is -2.04. The molecule has 0 aliphatic heterocycles. The number of benzene rings is 2. The number of aromatic nitrogens is 2. The fourth-order valence-corrected chi connectivity index (χ4v) is 2.61. The fourth-order valence-electron chi connectivity index (χ4n) is 1.91. The Morgan fingerprint density at radius 1 is 1.19 bits per heavy atom. The first-order valence-electron chi connectivity index (χ1n) is 7.48. The summed E-state index contributed by atoms with van der Waals surface area (Å²) >= 11 is 6.85. The summed E-state index contributed by atoms with van der Waals surface area (Å²) in [5.41, 5.74) is 0.126. The first kappa shape index (κ1) is 18.2. The fraction of sp³-hybridized carbons (Fsp3) is 0.118. The average Bonchev–Trinajstić information content (AvgIpc) is 3.09. The van der Waals surface area contributed by atoms with Crippen molar-refractivity contribution in [1.82, 2.24) is 10.2 Å². The molecule has 0 aliphatic rings. The van der Waals surface area contributed by atoms with Crippen molar-refractivity contribution < 1.29 is 18.3 Å². The molecule has 3 aromatic rings. The average molecular weight is 394 g/mol. The first-order valence-corrected chi connectivity index (χ1v) is 8.84. The van der Waals surface area contributed by atoms with E-state index >= 15 is 0 Å². The molecule has 0 atom stereocenters. The smallest absolute Gasteiger partial charge is 0.277 e. The molecule has 0 radical (unpaired) electrons. The number of nitrogens with one attached hydrogen (secondary N) is 1. The van der Waals surface area contributed by atoms with Gasteiger partial charge in [-0.25, -0.2) is 4.39 Å². The van der Waals surface area contributed by atoms with Gasteiger partial charge in [-0.3, -0.25) is 4.79 Å². The Morgan fingerprint density at radius 2 is 1.96 bits per heavy atom. The summed E-state index contributed by atoms with van der Waals surface area (Å²) in [6.07, 6.45) is 0. The molecule has 0 saturated carbocycles. The van der Waals surface area contributed by atoms with Crippen molar-refractivity contribution in [3.63, 3.8) is 0 Å². The van der Waals surface area contributed by atoms with Crippen LogP contribution in [0.2, 0.25) is 5.02 Å². The van der Waals surface area contributed by atoms with Gasteiger partial charge < -0.3 is 14.5 Å². The zero-order valence-corrected chi connectivity index (χ0v) is 14.9. The third kappa shape index (κ3) is 5.21. The van der Waals surface area contributed by atoms with Crippen LogP contribution >= 0.6 is 23.4 Å². The minimum absolute atomic E-state index is 0.00795. The molecule has 1 aromatic heterocycles. The van der Waals surface area contributed by atoms with E-state index in [0.717, 1.165) is 11.8 Å². The van der Waals surface area contributed by atoms with Gasteiger partial charge in [0.2, 0.25) is 5.91 Å². The minimum atomic E-state index is -0.495. The van der Waals surface area contributed by atoms with E-state index in [2.05, 4.69) is 15.5 Å². The summed E-state index contributed by atoms with van der Waals surface area (Å²) in [5, 5.41) is 11.0. The van der Waals surface area contributed by atoms with E-state index in [1.54, 1.807) is 36.4 Å². The van der Waals surface area contributed by atoms with Crippen molar-refractivity contribution in [2.24, 2.45) is 0 Å². The number of nitrogens with zero attached hydrogens (tertiary/aromatic N) is 2. The lowest BCUT2D eigenvalue weighted by molar-refractivity contribution is -0.113. The van der Waals surface area contributed by atoms with Gasteiger partial charge in [-0.2, -0.15) is 0 Å². The van der Waals surface area contributed by atoms with Gasteiger partial charge in [-0.1, -0.05) is 35.5 Å². The molecule has 134 valence electrons. The van der Waals surface area contributed by atoms with Crippen LogP contribution in [-0.4, -0.2) is 21.9 Å². The molecule has 9 heteroatoms. The van der Waals surface area contributed by atoms with E-state index in [1.165, 1.54) is 12.1 Å². The Balaban J connectivity index is 1.46. The van der Waals surface area contributed by atoms with Crippen molar-refractivity contribution in [2.45, 2.75) is 11.8 Å². The highest BCUT2D eigenvalue weighted by atomic mass is 35.5. The van der Waals surface area contributed by atoms with Crippen molar-refractivity contribution in [3.8, 4) is 5.75 Å². The SMILES string of the molecule is O=C(CSc1nnc(COc2ccc(Cl)cc2)o1)Nc1ccccc1F. The van der Waals surface area contributed by atoms with Crippen LogP contribution in [0.3, 0.4) is 0 Å². The zero-order chi connectivity index (χ0) is 18.4. The van der Waals surface area contributed by atoms with Crippen LogP contribution in [0.4, 0.5) is 10.1 Å². The number of hydrogen-bond donors (Lipinski definition) is 1. The van der Waals surface area contributed by atoms with Gasteiger partial charge in [-0.15, -0.1) is 10.2 Å². The van der Waals surface area contributed by atoms with Gasteiger partial charge in [0.15, 0.2) is 6.61 Å². The summed E-state index contributed by atoms with van der Waals surface area (Å²) in [7, 11) is 0. The molecule has 0 saturated heterocycles. The molecule has 3 rings (SSSR count). The van der Waals surface area contributed by atoms with E-state index in [9.17, 15) is 9.18 Å². The maximum atomic E-state index is 13.5. The number of para-hydroxylation sites is 1. The van der Waals surface area contributed by atoms with Gasteiger partial charge >= 0.3 is 0 Å². The molecule has 1 heterocycles. The Labute approximate surface area is 157 Å². The number of rotatable bonds is 7. The van der Waals surface area contributed by atoms with Crippen LogP contribution in [0.25, 0.3) is 0 Å². The van der Waals surface area contributed by atoms with Crippen LogP contribution < -0.4 is 10.1 Å². The van der Waals surface area contributed by atoms with Crippen molar-refractivity contribution in [2.75, 3.05) is 11.1 Å². The highest BCUT2D eigenvalue weighted by molar-refractivity contribution is 7.99. The number of hydrogen-bond acceptors (Lipinski definition) is 6. The van der Waals surface area contributed by atoms with Gasteiger partial charge in [0, 0.05) is 5.02 Å². The number of amides is 1. The highest BCUT2D eigenvalue weighted by Gasteiger charge is 2.11. The standard InChI is InChI=1S/C17H13ClFN3O3S/c18-11-5-7-12(8-6-11)24-9-16-21-22-17(25-16)26-10-15(23)20-14-4-2-1-3-13(14)19/h1-8H,9-10H2,(H,20,23). The number of halogens is 2. The quantitative estimate of drug-likeness (QED) is 0.607. The molecule has 2 aromatic carbocycles. The Hall–Kier alpha value is -2.58. The van der Waals surface area contributed by atoms with Crippen molar-refractivity contribution in [3.05, 3.63) is 65.3 Å². The molecule has 0 unspecified atom stereocenters. The van der Waals surface area contributed by atoms with Crippen molar-refractivity contribution in [1.29, 1.82) is 0 Å². The monoisotopic (exact) mass is 393 g/mol. The molecule has 0 bridgehead atoms. The van der Waals surface area contributed by atoms with E-state index in [4.69, 9.17) is 20.8 Å². The van der Waals surface area contributed by atoms with Gasteiger partial charge in [-0.05, 0) is 36.4 Å². The van der Waals surface area contributed by atoms with Crippen molar-refractivity contribution >= 4 is 35.0 Å². The highest BCUT2D eigenvalue weighted by Crippen LogP contribution is 2.20. The third-order valence-electron chi connectivity index (χ3n) is 3.10. The Bertz CT molecular complexity index is 889. The molecular formula is C17H13ClFN3O3S. The summed E-state index contributed by atoms with van der Waals surface area (Å²) in [6.45, 7) is 0.0939. The normalized spacial score (nSPS) is 10.5. The second kappa shape index (κ2) is 8.68. The Morgan fingerprint density at radius 3 is 2.73 bits per heavy atom. The van der Waals surface area contributed by atoms with Crippen LogP contribution in [-0.2, 0) is 11.4 Å². The number of ether oxygens (including phenoxy) is 1. The summed E-state index contributed by atoms with van der Waals surface area (Å²) < 4.78 is 24.4. The van der Waals surface area contributed by atoms with Crippen LogP contribution in [0.15, 0.2) is 58.2 Å². The first-order chi connectivity index (χ1) is 12.6. The van der Waals surface area contributed by atoms with Crippen LogP contribution in [0.1, 0.15) is 5.89 Å². The molecule has 26 heavy (non-hydrogen) atoms. The predicted octanol–water partition coefficient (Wildman–Crippen LogP) is 4.17. The van der Waals surface area contributed by atoms with E-state index in [-0.39, 0.29) is 35.1 Å². The van der Waals surface area contributed by atoms with Crippen LogP contribution in [0.5, 0.6) is 5.75 Å². The van der Waals surface area contributed by atoms with Crippen LogP contribution in [0, 0.1) is 5.82 Å². The zero-order valence-electron chi connectivity index (χ0n) is 13.3. The van der Waals surface area contributed by atoms with Gasteiger partial charge in [0.05, 0.1) is 11.4 Å². The molecule has 0 aliphatic carbocycles. The van der Waals surface area contributed by atoms with Gasteiger partial charge in [0.1, 0.15) is 11.6 Å². The Kier molecular flexibility index (Phi) is 6.08. The molecule has 0 spiro atoms. The minimum Gasteiger partial charge on any atom is -0.484 e.